The minimum atomic E-state index is 0. The quantitative estimate of drug-likeness (QED) is 0.0345. The van der Waals surface area contributed by atoms with Crippen molar-refractivity contribution in [2.24, 2.45) is 0 Å². The van der Waals surface area contributed by atoms with Gasteiger partial charge in [0.25, 0.3) is 0 Å². The largest absolute Gasteiger partial charge is 4.00 e. The molecule has 0 aliphatic heterocycles. The Kier molecular flexibility index (Phi) is 242. The molecule has 27 heteroatoms. The zero-order valence-corrected chi connectivity index (χ0v) is 88.7. The van der Waals surface area contributed by atoms with E-state index < -0.39 is 0 Å². The van der Waals surface area contributed by atoms with E-state index in [1.807, 2.05) is 118 Å². The summed E-state index contributed by atoms with van der Waals surface area (Å²) in [4.78, 5) is 8.78. The van der Waals surface area contributed by atoms with Gasteiger partial charge in [-0.3, -0.25) is 0 Å². The minimum Gasteiger partial charge on any atom is -0.668 e. The molecule has 0 aromatic carbocycles. The Bertz CT molecular complexity index is 990. The summed E-state index contributed by atoms with van der Waals surface area (Å²) in [6.07, 6.45) is 15.0. The van der Waals surface area contributed by atoms with E-state index in [1.54, 1.807) is 49.3 Å². The summed E-state index contributed by atoms with van der Waals surface area (Å²) < 4.78 is 0. The van der Waals surface area contributed by atoms with Crippen molar-refractivity contribution >= 4 is 0 Å². The first-order valence-corrected chi connectivity index (χ1v) is 36.5. The maximum absolute atomic E-state index is 4.27. The SMILES string of the molecule is C1CCCC1.C1CCCC1.CCN(C)N(C)CC.CCN(CC)N(CC)CC.CC[N-]C.CC[N-]CC.CC[N-]CCN(C)C.CC[N-]CCN(C)C.CC[N-]CCN(CC)CC.CN(C)N(C)C.CN(C)N(C)C.C[N-]C.C[N-]C.C[N-]CCN(C)C.C[N-]CC[N-]C.[CH3-].[CH3-].[Zr+3].[Zr+3].[Zr+3].[Zr+3].[Zr+4]. The van der Waals surface area contributed by atoms with Crippen molar-refractivity contribution in [2.45, 2.75) is 161 Å². The van der Waals surface area contributed by atoms with Gasteiger partial charge in [-0.1, -0.05) is 161 Å². The molecule has 610 valence electrons. The molecule has 2 rings (SSSR count). The van der Waals surface area contributed by atoms with Gasteiger partial charge in [0.1, 0.15) is 0 Å². The summed E-state index contributed by atoms with van der Waals surface area (Å²) in [6.45, 7) is 54.5. The fraction of sp³-hybridized carbons (Fsp3) is 0.973. The van der Waals surface area contributed by atoms with Gasteiger partial charge >= 0.3 is 131 Å². The van der Waals surface area contributed by atoms with E-state index >= 15 is 0 Å². The Hall–Kier alpha value is 3.54. The number of hydrogen-bond acceptors (Lipinski definition) is 12. The van der Waals surface area contributed by atoms with Gasteiger partial charge in [0.15, 0.2) is 0 Å². The van der Waals surface area contributed by atoms with Gasteiger partial charge in [0.2, 0.25) is 0 Å². The maximum atomic E-state index is 4.27. The van der Waals surface area contributed by atoms with Crippen molar-refractivity contribution in [1.82, 2.24) is 59.7 Å². The van der Waals surface area contributed by atoms with Gasteiger partial charge in [0, 0.05) is 110 Å². The molecule has 0 atom stereocenters. The Labute approximate surface area is 738 Å². The van der Waals surface area contributed by atoms with Crippen molar-refractivity contribution in [1.29, 1.82) is 0 Å². The molecule has 2 aliphatic rings. The van der Waals surface area contributed by atoms with Gasteiger partial charge in [-0.15, -0.1) is 26.2 Å². The third kappa shape index (κ3) is 215. The first-order valence-electron chi connectivity index (χ1n) is 36.5. The predicted octanol–water partition coefficient (Wildman–Crippen LogP) is 16.0. The molecule has 0 spiro atoms. The van der Waals surface area contributed by atoms with Gasteiger partial charge in [-0.25, -0.2) is 40.1 Å². The molecule has 101 heavy (non-hydrogen) atoms. The van der Waals surface area contributed by atoms with Crippen LogP contribution in [0, 0.1) is 14.9 Å². The zero-order valence-electron chi connectivity index (χ0n) is 76.4. The molecule has 2 aliphatic carbocycles. The van der Waals surface area contributed by atoms with E-state index in [2.05, 4.69) is 211 Å². The van der Waals surface area contributed by atoms with Crippen LogP contribution in [0.2, 0.25) is 0 Å². The molecule has 4 radical (unpaired) electrons. The second kappa shape index (κ2) is 156. The van der Waals surface area contributed by atoms with Crippen molar-refractivity contribution < 1.29 is 131 Å². The van der Waals surface area contributed by atoms with Crippen LogP contribution in [0.3, 0.4) is 0 Å². The van der Waals surface area contributed by atoms with Crippen molar-refractivity contribution in [3.63, 3.8) is 0 Å². The van der Waals surface area contributed by atoms with Crippen LogP contribution in [-0.2, 0) is 131 Å². The van der Waals surface area contributed by atoms with Crippen LogP contribution < -0.4 is 0 Å². The average molecular weight is 1840 g/mol. The van der Waals surface area contributed by atoms with Gasteiger partial charge in [-0.2, -0.15) is 109 Å². The number of rotatable bonds is 33. The standard InChI is InChI=1S/C8H20N2.C8H19N2.C6H16N2.2C6H15N2.C5H13N2.2C5H10.2C4H12N2.C4H10N2.C4H10N.C3H8N.2C2H6N.2CH3.5Zr/c1-5-9(6-2)10(7-3)8-4;1-4-9-7-8-10(5-2)6-3;1-5-7(3)8(4)6-2;2*1-4-7-5-6-8(2)3;1-6-4-5-7(2)3;2*1-2-4-5-3-1;2*1-5(2)6(3)4;1-5-3-4-6-2;1-3-5-4-2;1-3-4-2;2*1-3-2;;;;;;;/h5-8H2,1-4H3;4-8H2,1-3H3;5-6H2,1-4H3;2*4-6H2,1-3H3;4-5H2,1-3H3;2*1-5H2;2*1-4H3;3-4H2,1-2H3;3-4H2,1-2H3;3H2,1-2H3;2*1-2H3;2*1H3;;;;;/q;-1;;3*-1;;;;;-2;6*-1;4*+3;+4. The first kappa shape index (κ1) is 157. The van der Waals surface area contributed by atoms with Crippen LogP contribution in [0.25, 0.3) is 53.2 Å². The third-order valence-electron chi connectivity index (χ3n) is 13.1. The molecule has 0 aromatic rings. The fourth-order valence-corrected chi connectivity index (χ4v) is 5.99. The fourth-order valence-electron chi connectivity index (χ4n) is 5.99. The van der Waals surface area contributed by atoms with E-state index in [-0.39, 0.29) is 146 Å². The summed E-state index contributed by atoms with van der Waals surface area (Å²) >= 11 is 0. The molecule has 22 nitrogen and oxygen atoms in total. The molecular formula is C74H188N22Zr5+4. The molecule has 0 N–H and O–H groups in total. The van der Waals surface area contributed by atoms with Gasteiger partial charge in [0.05, 0.1) is 0 Å². The van der Waals surface area contributed by atoms with E-state index in [9.17, 15) is 0 Å². The molecular weight excluding hydrogens is 1650 g/mol. The van der Waals surface area contributed by atoms with Crippen LogP contribution in [-0.4, -0.2) is 386 Å². The van der Waals surface area contributed by atoms with Crippen LogP contribution in [0.5, 0.6) is 0 Å². The number of hydrazine groups is 4. The smallest absolute Gasteiger partial charge is 0.668 e. The van der Waals surface area contributed by atoms with E-state index in [0.29, 0.717) is 0 Å². The summed E-state index contributed by atoms with van der Waals surface area (Å²) in [5.41, 5.74) is 0. The second-order valence-electron chi connectivity index (χ2n) is 22.9. The number of hydrogen-bond donors (Lipinski definition) is 0. The number of nitrogens with zero attached hydrogens (tertiary/aromatic N) is 22. The van der Waals surface area contributed by atoms with Gasteiger partial charge in [-0.05, 0) is 81.6 Å². The van der Waals surface area contributed by atoms with E-state index in [4.69, 9.17) is 0 Å². The molecule has 0 heterocycles. The van der Waals surface area contributed by atoms with E-state index in [0.717, 1.165) is 157 Å². The van der Waals surface area contributed by atoms with Crippen LogP contribution in [0.4, 0.5) is 0 Å². The molecule has 0 unspecified atom stereocenters. The van der Waals surface area contributed by atoms with Crippen molar-refractivity contribution in [2.75, 3.05) is 326 Å². The topological polar surface area (TPSA) is 180 Å². The first-order chi connectivity index (χ1) is 44.5. The van der Waals surface area contributed by atoms with E-state index in [1.165, 1.54) is 64.2 Å². The Morgan fingerprint density at radius 2 is 0.426 bits per heavy atom. The van der Waals surface area contributed by atoms with Crippen molar-refractivity contribution in [3.8, 4) is 0 Å². The molecule has 0 bridgehead atoms. The molecule has 0 amide bonds. The Morgan fingerprint density at radius 3 is 0.535 bits per heavy atom. The molecule has 2 fully saturated rings. The van der Waals surface area contributed by atoms with Gasteiger partial charge < -0.3 is 87.6 Å². The maximum Gasteiger partial charge on any atom is 4.00 e. The van der Waals surface area contributed by atoms with Crippen LogP contribution in [0.15, 0.2) is 0 Å². The summed E-state index contributed by atoms with van der Waals surface area (Å²) in [6, 6.07) is 0. The predicted molar refractivity (Wildman–Crippen MR) is 453 cm³/mol. The molecule has 0 aromatic heterocycles. The monoisotopic (exact) mass is 1840 g/mol. The minimum absolute atomic E-state index is 0. The van der Waals surface area contributed by atoms with Crippen molar-refractivity contribution in [3.05, 3.63) is 68.0 Å². The summed E-state index contributed by atoms with van der Waals surface area (Å²) in [7, 11) is 46.7. The normalized spacial score (nSPS) is 10.8. The molecule has 2 saturated carbocycles. The zero-order chi connectivity index (χ0) is 76.0. The van der Waals surface area contributed by atoms with Crippen LogP contribution in [0.1, 0.15) is 161 Å². The summed E-state index contributed by atoms with van der Waals surface area (Å²) in [5.74, 6) is 0. The third-order valence-corrected chi connectivity index (χ3v) is 13.1. The Morgan fingerprint density at radius 1 is 0.238 bits per heavy atom. The molecule has 0 saturated heterocycles. The second-order valence-corrected chi connectivity index (χ2v) is 22.9. The average Bonchev–Trinajstić information content (AvgIpc) is 3.24. The number of likely N-dealkylation sites (N-methyl/N-ethyl adjacent to an activating group) is 10. The summed E-state index contributed by atoms with van der Waals surface area (Å²) in [5, 5.41) is 56.0. The van der Waals surface area contributed by atoms with Crippen LogP contribution >= 0.6 is 0 Å². The Balaban J connectivity index is -0.0000000388.